The van der Waals surface area contributed by atoms with Gasteiger partial charge in [-0.15, -0.1) is 0 Å². The van der Waals surface area contributed by atoms with Crippen molar-refractivity contribution in [3.8, 4) is 0 Å². The minimum absolute atomic E-state index is 0.148. The molecule has 0 aromatic rings. The molecule has 1 aliphatic heterocycles. The van der Waals surface area contributed by atoms with Gasteiger partial charge in [0, 0.05) is 13.7 Å². The Morgan fingerprint density at radius 2 is 2.22 bits per heavy atom. The summed E-state index contributed by atoms with van der Waals surface area (Å²) in [6, 6.07) is 0. The first-order valence-corrected chi connectivity index (χ1v) is 5.44. The van der Waals surface area contributed by atoms with Crippen molar-refractivity contribution >= 4 is 18.0 Å². The molecule has 1 saturated heterocycles. The first-order valence-electron chi connectivity index (χ1n) is 5.44. The van der Waals surface area contributed by atoms with Crippen LogP contribution in [0.5, 0.6) is 0 Å². The lowest BCUT2D eigenvalue weighted by molar-refractivity contribution is -0.139. The summed E-state index contributed by atoms with van der Waals surface area (Å²) >= 11 is 0. The molecule has 0 atom stereocenters. The van der Waals surface area contributed by atoms with Gasteiger partial charge in [-0.3, -0.25) is 14.5 Å². The Hall–Kier alpha value is -1.67. The molecule has 0 bridgehead atoms. The quantitative estimate of drug-likeness (QED) is 0.627. The normalized spacial score (nSPS) is 15.0. The van der Waals surface area contributed by atoms with E-state index in [-0.39, 0.29) is 26.2 Å². The molecular formula is C10H16N2O6. The van der Waals surface area contributed by atoms with Crippen molar-refractivity contribution in [1.82, 2.24) is 9.80 Å². The number of carbonyl (C=O) groups is 3. The molecule has 0 saturated carbocycles. The molecular weight excluding hydrogens is 244 g/mol. The van der Waals surface area contributed by atoms with E-state index in [1.54, 1.807) is 0 Å². The van der Waals surface area contributed by atoms with Crippen molar-refractivity contribution in [1.29, 1.82) is 0 Å². The van der Waals surface area contributed by atoms with Crippen LogP contribution in [0.3, 0.4) is 0 Å². The van der Waals surface area contributed by atoms with Gasteiger partial charge in [-0.05, 0) is 0 Å². The van der Waals surface area contributed by atoms with Gasteiger partial charge in [-0.1, -0.05) is 0 Å². The summed E-state index contributed by atoms with van der Waals surface area (Å²) in [5, 5.41) is 8.71. The topological polar surface area (TPSA) is 96.4 Å². The van der Waals surface area contributed by atoms with Crippen molar-refractivity contribution in [3.63, 3.8) is 0 Å². The van der Waals surface area contributed by atoms with Gasteiger partial charge in [0.15, 0.2) is 0 Å². The number of hydrogen-bond donors (Lipinski definition) is 1. The fourth-order valence-corrected chi connectivity index (χ4v) is 1.52. The lowest BCUT2D eigenvalue weighted by atomic mass is 10.4. The molecule has 0 aromatic carbocycles. The smallest absolute Gasteiger partial charge is 0.416 e. The van der Waals surface area contributed by atoms with E-state index in [0.717, 1.165) is 4.90 Å². The van der Waals surface area contributed by atoms with Gasteiger partial charge in [0.05, 0.1) is 26.2 Å². The molecule has 0 spiro atoms. The fourth-order valence-electron chi connectivity index (χ4n) is 1.52. The summed E-state index contributed by atoms with van der Waals surface area (Å²) in [7, 11) is 1.48. The Kier molecular flexibility index (Phi) is 5.53. The number of carboxylic acids is 1. The second kappa shape index (κ2) is 6.92. The molecule has 0 unspecified atom stereocenters. The maximum Gasteiger partial charge on any atom is 0.416 e. The first kappa shape index (κ1) is 14.4. The summed E-state index contributed by atoms with van der Waals surface area (Å²) < 4.78 is 9.47. The Labute approximate surface area is 104 Å². The second-order valence-corrected chi connectivity index (χ2v) is 3.76. The molecule has 102 valence electrons. The fraction of sp³-hybridized carbons (Fsp3) is 0.700. The number of cyclic esters (lactones) is 1. The van der Waals surface area contributed by atoms with Crippen LogP contribution in [0.25, 0.3) is 0 Å². The third-order valence-electron chi connectivity index (χ3n) is 2.39. The van der Waals surface area contributed by atoms with Crippen molar-refractivity contribution in [2.75, 3.05) is 46.5 Å². The highest BCUT2D eigenvalue weighted by Crippen LogP contribution is 2.04. The standard InChI is InChI=1S/C10H16N2O6/c1-17-4-2-11(7-9(14)15)6-8(13)12-3-5-18-10(12)16/h2-7H2,1H3,(H,14,15). The average molecular weight is 260 g/mol. The number of ether oxygens (including phenoxy) is 2. The third-order valence-corrected chi connectivity index (χ3v) is 2.39. The van der Waals surface area contributed by atoms with E-state index < -0.39 is 18.0 Å². The molecule has 0 aromatic heterocycles. The van der Waals surface area contributed by atoms with E-state index in [9.17, 15) is 14.4 Å². The van der Waals surface area contributed by atoms with Gasteiger partial charge in [0.25, 0.3) is 0 Å². The number of methoxy groups -OCH3 is 1. The van der Waals surface area contributed by atoms with E-state index in [2.05, 4.69) is 4.74 Å². The molecule has 1 aliphatic rings. The minimum atomic E-state index is -1.04. The van der Waals surface area contributed by atoms with E-state index >= 15 is 0 Å². The first-order chi connectivity index (χ1) is 8.54. The number of rotatable bonds is 7. The number of amides is 2. The van der Waals surface area contributed by atoms with Crippen LogP contribution in [0.4, 0.5) is 4.79 Å². The second-order valence-electron chi connectivity index (χ2n) is 3.76. The van der Waals surface area contributed by atoms with Crippen LogP contribution in [-0.4, -0.2) is 79.4 Å². The minimum Gasteiger partial charge on any atom is -0.480 e. The summed E-state index contributed by atoms with van der Waals surface area (Å²) in [6.45, 7) is 0.579. The molecule has 1 heterocycles. The maximum absolute atomic E-state index is 11.8. The summed E-state index contributed by atoms with van der Waals surface area (Å²) in [6.07, 6.45) is -0.679. The van der Waals surface area contributed by atoms with Crippen molar-refractivity contribution < 1.29 is 29.0 Å². The highest BCUT2D eigenvalue weighted by Gasteiger charge is 2.29. The Balaban J connectivity index is 2.50. The van der Waals surface area contributed by atoms with Gasteiger partial charge in [-0.25, -0.2) is 9.69 Å². The molecule has 8 nitrogen and oxygen atoms in total. The lowest BCUT2D eigenvalue weighted by Gasteiger charge is -2.21. The largest absolute Gasteiger partial charge is 0.480 e. The highest BCUT2D eigenvalue weighted by atomic mass is 16.6. The predicted octanol–water partition coefficient (Wildman–Crippen LogP) is -1.00. The molecule has 2 amide bonds. The summed E-state index contributed by atoms with van der Waals surface area (Å²) in [4.78, 5) is 35.9. The van der Waals surface area contributed by atoms with Crippen LogP contribution >= 0.6 is 0 Å². The zero-order valence-corrected chi connectivity index (χ0v) is 10.1. The zero-order chi connectivity index (χ0) is 13.5. The van der Waals surface area contributed by atoms with E-state index in [4.69, 9.17) is 9.84 Å². The van der Waals surface area contributed by atoms with Gasteiger partial charge in [0.1, 0.15) is 6.61 Å². The van der Waals surface area contributed by atoms with Crippen molar-refractivity contribution in [3.05, 3.63) is 0 Å². The van der Waals surface area contributed by atoms with Crippen LogP contribution in [0.2, 0.25) is 0 Å². The highest BCUT2D eigenvalue weighted by molar-refractivity contribution is 5.94. The van der Waals surface area contributed by atoms with Crippen LogP contribution in [0.1, 0.15) is 0 Å². The number of aliphatic carboxylic acids is 1. The number of carbonyl (C=O) groups excluding carboxylic acids is 2. The number of carboxylic acid groups (broad SMARTS) is 1. The molecule has 18 heavy (non-hydrogen) atoms. The Morgan fingerprint density at radius 1 is 1.50 bits per heavy atom. The van der Waals surface area contributed by atoms with Crippen molar-refractivity contribution in [2.24, 2.45) is 0 Å². The molecule has 0 aliphatic carbocycles. The summed E-state index contributed by atoms with van der Waals surface area (Å²) in [5.74, 6) is -1.50. The van der Waals surface area contributed by atoms with E-state index in [1.807, 2.05) is 0 Å². The van der Waals surface area contributed by atoms with Gasteiger partial charge in [-0.2, -0.15) is 0 Å². The Morgan fingerprint density at radius 3 is 2.72 bits per heavy atom. The molecule has 1 fully saturated rings. The van der Waals surface area contributed by atoms with Gasteiger partial charge in [0.2, 0.25) is 5.91 Å². The predicted molar refractivity (Wildman–Crippen MR) is 59.0 cm³/mol. The molecule has 0 radical (unpaired) electrons. The number of nitrogens with zero attached hydrogens (tertiary/aromatic N) is 2. The molecule has 8 heteroatoms. The number of hydrogen-bond acceptors (Lipinski definition) is 6. The molecule has 1 rings (SSSR count). The number of imide groups is 1. The van der Waals surface area contributed by atoms with Crippen molar-refractivity contribution in [2.45, 2.75) is 0 Å². The van der Waals surface area contributed by atoms with Gasteiger partial charge < -0.3 is 14.6 Å². The van der Waals surface area contributed by atoms with Crippen LogP contribution in [0.15, 0.2) is 0 Å². The monoisotopic (exact) mass is 260 g/mol. The lowest BCUT2D eigenvalue weighted by Crippen LogP contribution is -2.43. The molecule has 1 N–H and O–H groups in total. The SMILES string of the molecule is COCCN(CC(=O)O)CC(=O)N1CCOC1=O. The maximum atomic E-state index is 11.8. The van der Waals surface area contributed by atoms with Crippen LogP contribution in [0, 0.1) is 0 Å². The average Bonchev–Trinajstić information content (AvgIpc) is 2.71. The zero-order valence-electron chi connectivity index (χ0n) is 10.1. The van der Waals surface area contributed by atoms with Gasteiger partial charge >= 0.3 is 12.1 Å². The Bertz CT molecular complexity index is 332. The van der Waals surface area contributed by atoms with Crippen LogP contribution in [-0.2, 0) is 19.1 Å². The van der Waals surface area contributed by atoms with E-state index in [0.29, 0.717) is 13.2 Å². The van der Waals surface area contributed by atoms with Crippen LogP contribution < -0.4 is 0 Å². The van der Waals surface area contributed by atoms with E-state index in [1.165, 1.54) is 12.0 Å². The third kappa shape index (κ3) is 4.30. The summed E-state index contributed by atoms with van der Waals surface area (Å²) in [5.41, 5.74) is 0.